The standard InChI is InChI=1S/C12H23NO4Si/c1-7(14)8-9(15)13(11(2,3)4)12(8,10(16)17)18(5)6/h7-8,14,18H,1-6H3,(H,16,17)/t7?,8-,12-/m0/s1. The Morgan fingerprint density at radius 3 is 2.11 bits per heavy atom. The molecule has 1 amide bonds. The van der Waals surface area contributed by atoms with Crippen LogP contribution in [0, 0.1) is 5.92 Å². The molecule has 0 aliphatic carbocycles. The Hall–Kier alpha value is -0.883. The zero-order valence-corrected chi connectivity index (χ0v) is 13.0. The molecule has 104 valence electrons. The molecule has 1 saturated heterocycles. The Balaban J connectivity index is 3.38. The number of hydrogen-bond donors (Lipinski definition) is 2. The van der Waals surface area contributed by atoms with Crippen LogP contribution < -0.4 is 0 Å². The minimum atomic E-state index is -1.74. The van der Waals surface area contributed by atoms with E-state index in [1.165, 1.54) is 11.8 Å². The van der Waals surface area contributed by atoms with E-state index >= 15 is 0 Å². The maximum atomic E-state index is 12.2. The first-order valence-corrected chi connectivity index (χ1v) is 9.13. The fourth-order valence-corrected chi connectivity index (χ4v) is 5.80. The molecular weight excluding hydrogens is 250 g/mol. The monoisotopic (exact) mass is 273 g/mol. The Labute approximate surface area is 109 Å². The minimum absolute atomic E-state index is 0.249. The number of aliphatic hydroxyl groups is 1. The number of rotatable bonds is 3. The van der Waals surface area contributed by atoms with Crippen LogP contribution in [0.4, 0.5) is 0 Å². The van der Waals surface area contributed by atoms with E-state index in [2.05, 4.69) is 0 Å². The fourth-order valence-electron chi connectivity index (χ4n) is 3.14. The van der Waals surface area contributed by atoms with Crippen molar-refractivity contribution in [2.45, 2.75) is 57.6 Å². The van der Waals surface area contributed by atoms with Gasteiger partial charge in [-0.25, -0.2) is 0 Å². The summed E-state index contributed by atoms with van der Waals surface area (Å²) in [5, 5.41) is 18.2. The number of likely N-dealkylation sites (tertiary alicyclic amines) is 1. The molecule has 0 radical (unpaired) electrons. The third kappa shape index (κ3) is 1.78. The second kappa shape index (κ2) is 4.34. The minimum Gasteiger partial charge on any atom is -0.480 e. The average molecular weight is 273 g/mol. The molecule has 1 fully saturated rings. The number of carboxylic acids is 1. The summed E-state index contributed by atoms with van der Waals surface area (Å²) < 4.78 is 0. The number of amides is 1. The number of carbonyl (C=O) groups excluding carboxylic acids is 1. The summed E-state index contributed by atoms with van der Waals surface area (Å²) in [6.45, 7) is 10.8. The van der Waals surface area contributed by atoms with E-state index in [0.29, 0.717) is 0 Å². The molecule has 0 spiro atoms. The lowest BCUT2D eigenvalue weighted by Crippen LogP contribution is -2.84. The van der Waals surface area contributed by atoms with Crippen molar-refractivity contribution >= 4 is 20.7 Å². The van der Waals surface area contributed by atoms with Crippen LogP contribution in [0.3, 0.4) is 0 Å². The summed E-state index contributed by atoms with van der Waals surface area (Å²) in [4.78, 5) is 25.5. The molecule has 18 heavy (non-hydrogen) atoms. The highest BCUT2D eigenvalue weighted by Crippen LogP contribution is 2.46. The summed E-state index contributed by atoms with van der Waals surface area (Å²) in [6.07, 6.45) is -0.929. The lowest BCUT2D eigenvalue weighted by Gasteiger charge is -2.62. The predicted molar refractivity (Wildman–Crippen MR) is 71.0 cm³/mol. The van der Waals surface area contributed by atoms with Gasteiger partial charge in [-0.15, -0.1) is 0 Å². The van der Waals surface area contributed by atoms with Gasteiger partial charge in [0.05, 0.1) is 20.8 Å². The Bertz CT molecular complexity index is 375. The van der Waals surface area contributed by atoms with Crippen molar-refractivity contribution < 1.29 is 19.8 Å². The molecule has 2 N–H and O–H groups in total. The number of hydrogen-bond acceptors (Lipinski definition) is 3. The van der Waals surface area contributed by atoms with Crippen molar-refractivity contribution in [3.8, 4) is 0 Å². The molecule has 1 rings (SSSR count). The van der Waals surface area contributed by atoms with Crippen LogP contribution in [-0.2, 0) is 9.59 Å². The van der Waals surface area contributed by atoms with Gasteiger partial charge in [0.15, 0.2) is 0 Å². The number of aliphatic carboxylic acids is 1. The zero-order chi connectivity index (χ0) is 14.5. The summed E-state index contributed by atoms with van der Waals surface area (Å²) in [5.41, 5.74) is -0.544. The Morgan fingerprint density at radius 2 is 1.89 bits per heavy atom. The van der Waals surface area contributed by atoms with Gasteiger partial charge in [0.2, 0.25) is 5.91 Å². The fraction of sp³-hybridized carbons (Fsp3) is 0.833. The molecule has 3 atom stereocenters. The van der Waals surface area contributed by atoms with E-state index in [4.69, 9.17) is 0 Å². The molecule has 6 heteroatoms. The smallest absolute Gasteiger partial charge is 0.326 e. The van der Waals surface area contributed by atoms with E-state index in [9.17, 15) is 19.8 Å². The van der Waals surface area contributed by atoms with E-state index in [-0.39, 0.29) is 5.91 Å². The summed E-state index contributed by atoms with van der Waals surface area (Å²) in [7, 11) is -1.74. The number of carboxylic acid groups (broad SMARTS) is 1. The number of carbonyl (C=O) groups is 2. The van der Waals surface area contributed by atoms with Gasteiger partial charge in [-0.3, -0.25) is 9.59 Å². The number of nitrogens with zero attached hydrogens (tertiary/aromatic N) is 1. The summed E-state index contributed by atoms with van der Waals surface area (Å²) in [6, 6.07) is 0. The van der Waals surface area contributed by atoms with Gasteiger partial charge < -0.3 is 15.1 Å². The summed E-state index contributed by atoms with van der Waals surface area (Å²) >= 11 is 0. The maximum Gasteiger partial charge on any atom is 0.326 e. The lowest BCUT2D eigenvalue weighted by molar-refractivity contribution is -0.194. The van der Waals surface area contributed by atoms with Crippen LogP contribution in [0.2, 0.25) is 13.1 Å². The van der Waals surface area contributed by atoms with Crippen LogP contribution in [0.5, 0.6) is 0 Å². The van der Waals surface area contributed by atoms with E-state index in [1.807, 2.05) is 33.9 Å². The molecule has 1 heterocycles. The quantitative estimate of drug-likeness (QED) is 0.579. The second-order valence-electron chi connectivity index (χ2n) is 6.35. The van der Waals surface area contributed by atoms with Crippen LogP contribution in [0.1, 0.15) is 27.7 Å². The van der Waals surface area contributed by atoms with Gasteiger partial charge in [0.1, 0.15) is 5.16 Å². The van der Waals surface area contributed by atoms with Crippen molar-refractivity contribution in [2.75, 3.05) is 0 Å². The third-order valence-corrected chi connectivity index (χ3v) is 6.33. The highest BCUT2D eigenvalue weighted by molar-refractivity contribution is 6.66. The van der Waals surface area contributed by atoms with Gasteiger partial charge in [0.25, 0.3) is 0 Å². The third-order valence-electron chi connectivity index (χ3n) is 3.71. The molecule has 1 aliphatic rings. The predicted octanol–water partition coefficient (Wildman–Crippen LogP) is 0.473. The zero-order valence-electron chi connectivity index (χ0n) is 11.9. The molecule has 0 bridgehead atoms. The molecule has 0 aromatic heterocycles. The first-order chi connectivity index (χ1) is 7.98. The topological polar surface area (TPSA) is 77.8 Å². The van der Waals surface area contributed by atoms with Crippen molar-refractivity contribution in [1.82, 2.24) is 4.90 Å². The van der Waals surface area contributed by atoms with Gasteiger partial charge in [-0.2, -0.15) is 0 Å². The Morgan fingerprint density at radius 1 is 1.44 bits per heavy atom. The SMILES string of the molecule is CC(O)[C@H]1C(=O)N(C(C)(C)C)[C@]1(C(=O)O)[SiH](C)C. The van der Waals surface area contributed by atoms with E-state index in [0.717, 1.165) is 0 Å². The molecule has 0 saturated carbocycles. The van der Waals surface area contributed by atoms with Gasteiger partial charge in [-0.1, -0.05) is 13.1 Å². The van der Waals surface area contributed by atoms with Crippen LogP contribution >= 0.6 is 0 Å². The molecular formula is C12H23NO4Si. The van der Waals surface area contributed by atoms with Crippen molar-refractivity contribution in [2.24, 2.45) is 5.92 Å². The normalized spacial score (nSPS) is 30.3. The highest BCUT2D eigenvalue weighted by atomic mass is 28.3. The summed E-state index contributed by atoms with van der Waals surface area (Å²) in [5.74, 6) is -2.04. The highest BCUT2D eigenvalue weighted by Gasteiger charge is 2.70. The largest absolute Gasteiger partial charge is 0.480 e. The number of aliphatic hydroxyl groups excluding tert-OH is 1. The van der Waals surface area contributed by atoms with Gasteiger partial charge in [0, 0.05) is 5.54 Å². The molecule has 5 nitrogen and oxygen atoms in total. The number of β-lactam (4-membered cyclic amide) rings is 1. The van der Waals surface area contributed by atoms with Gasteiger partial charge >= 0.3 is 5.97 Å². The molecule has 1 unspecified atom stereocenters. The van der Waals surface area contributed by atoms with E-state index < -0.39 is 37.5 Å². The first kappa shape index (κ1) is 15.2. The first-order valence-electron chi connectivity index (χ1n) is 6.24. The van der Waals surface area contributed by atoms with Crippen molar-refractivity contribution in [1.29, 1.82) is 0 Å². The molecule has 0 aromatic rings. The van der Waals surface area contributed by atoms with Crippen LogP contribution in [-0.4, -0.2) is 52.6 Å². The lowest BCUT2D eigenvalue weighted by atomic mass is 9.78. The van der Waals surface area contributed by atoms with Crippen LogP contribution in [0.25, 0.3) is 0 Å². The molecule has 0 aromatic carbocycles. The van der Waals surface area contributed by atoms with Crippen LogP contribution in [0.15, 0.2) is 0 Å². The van der Waals surface area contributed by atoms with Crippen molar-refractivity contribution in [3.05, 3.63) is 0 Å². The van der Waals surface area contributed by atoms with Gasteiger partial charge in [-0.05, 0) is 27.7 Å². The second-order valence-corrected chi connectivity index (χ2v) is 9.54. The molecule has 1 aliphatic heterocycles. The Kier molecular flexibility index (Phi) is 3.66. The van der Waals surface area contributed by atoms with Crippen molar-refractivity contribution in [3.63, 3.8) is 0 Å². The maximum absolute atomic E-state index is 12.2. The van der Waals surface area contributed by atoms with E-state index in [1.54, 1.807) is 0 Å². The average Bonchev–Trinajstić information content (AvgIpc) is 2.08.